The Labute approximate surface area is 216 Å². The van der Waals surface area contributed by atoms with Gasteiger partial charge < -0.3 is 9.47 Å². The molecule has 194 valence electrons. The van der Waals surface area contributed by atoms with E-state index in [9.17, 15) is 9.59 Å². The summed E-state index contributed by atoms with van der Waals surface area (Å²) in [6.07, 6.45) is 6.00. The molecule has 2 aromatic carbocycles. The molecule has 4 nitrogen and oxygen atoms in total. The first-order valence-corrected chi connectivity index (χ1v) is 13.6. The molecule has 0 saturated heterocycles. The molecule has 0 aromatic heterocycles. The van der Waals surface area contributed by atoms with Crippen molar-refractivity contribution < 1.29 is 19.1 Å². The van der Waals surface area contributed by atoms with E-state index in [4.69, 9.17) is 9.47 Å². The third kappa shape index (κ3) is 6.78. The molecule has 2 fully saturated rings. The summed E-state index contributed by atoms with van der Waals surface area (Å²) in [6.45, 7) is 9.05. The van der Waals surface area contributed by atoms with Crippen molar-refractivity contribution in [1.29, 1.82) is 0 Å². The first-order chi connectivity index (χ1) is 17.1. The van der Waals surface area contributed by atoms with Crippen LogP contribution in [0, 0.1) is 22.7 Å². The third-order valence-electron chi connectivity index (χ3n) is 8.36. The van der Waals surface area contributed by atoms with Gasteiger partial charge in [-0.15, -0.1) is 0 Å². The maximum atomic E-state index is 13.4. The predicted octanol–water partition coefficient (Wildman–Crippen LogP) is 7.99. The third-order valence-corrected chi connectivity index (χ3v) is 8.36. The predicted molar refractivity (Wildman–Crippen MR) is 142 cm³/mol. The Hall–Kier alpha value is -2.62. The van der Waals surface area contributed by atoms with Gasteiger partial charge in [0.1, 0.15) is 0 Å². The summed E-state index contributed by atoms with van der Waals surface area (Å²) in [7, 11) is 0. The smallest absolute Gasteiger partial charge is 0.309 e. The van der Waals surface area contributed by atoms with Gasteiger partial charge in [0, 0.05) is 0 Å². The molecule has 2 aliphatic rings. The van der Waals surface area contributed by atoms with E-state index in [0.29, 0.717) is 0 Å². The molecule has 2 atom stereocenters. The van der Waals surface area contributed by atoms with Crippen LogP contribution in [0.1, 0.15) is 102 Å². The lowest BCUT2D eigenvalue weighted by molar-refractivity contribution is -0.177. The molecular formula is C32H42O4. The summed E-state index contributed by atoms with van der Waals surface area (Å²) in [6, 6.07) is 19.4. The van der Waals surface area contributed by atoms with Gasteiger partial charge in [0.25, 0.3) is 0 Å². The maximum Gasteiger partial charge on any atom is 0.309 e. The number of rotatable bonds is 7. The largest absolute Gasteiger partial charge is 0.453 e. The van der Waals surface area contributed by atoms with Crippen LogP contribution in [0.25, 0.3) is 0 Å². The Balaban J connectivity index is 1.59. The van der Waals surface area contributed by atoms with Gasteiger partial charge in [-0.3, -0.25) is 9.59 Å². The van der Waals surface area contributed by atoms with E-state index in [1.807, 2.05) is 60.7 Å². The van der Waals surface area contributed by atoms with Crippen LogP contribution in [0.15, 0.2) is 60.7 Å². The van der Waals surface area contributed by atoms with Crippen LogP contribution >= 0.6 is 0 Å². The molecule has 0 unspecified atom stereocenters. The minimum absolute atomic E-state index is 0.114. The van der Waals surface area contributed by atoms with E-state index in [0.717, 1.165) is 62.5 Å². The van der Waals surface area contributed by atoms with Crippen molar-refractivity contribution in [3.63, 3.8) is 0 Å². The van der Waals surface area contributed by atoms with Crippen molar-refractivity contribution in [3.8, 4) is 0 Å². The Morgan fingerprint density at radius 2 is 0.917 bits per heavy atom. The molecule has 0 bridgehead atoms. The van der Waals surface area contributed by atoms with Gasteiger partial charge in [0.15, 0.2) is 12.2 Å². The second-order valence-corrected chi connectivity index (χ2v) is 12.4. The highest BCUT2D eigenvalue weighted by Gasteiger charge is 2.38. The summed E-state index contributed by atoms with van der Waals surface area (Å²) in [5, 5.41) is 0. The van der Waals surface area contributed by atoms with Gasteiger partial charge in [-0.1, -0.05) is 88.4 Å². The monoisotopic (exact) mass is 490 g/mol. The number of carbonyl (C=O) groups is 2. The molecule has 4 heteroatoms. The standard InChI is InChI=1S/C32H42O4/c1-31(2)19-15-25(16-20-31)29(33)35-27(23-11-7-5-8-12-23)28(24-13-9-6-10-14-24)36-30(34)26-17-21-32(3,4)22-18-26/h5-14,25-28H,15-22H2,1-4H3/t27-,28-/m1/s1. The van der Waals surface area contributed by atoms with E-state index < -0.39 is 12.2 Å². The molecule has 0 spiro atoms. The topological polar surface area (TPSA) is 52.6 Å². The van der Waals surface area contributed by atoms with Gasteiger partial charge in [-0.2, -0.15) is 0 Å². The summed E-state index contributed by atoms with van der Waals surface area (Å²) < 4.78 is 12.5. The first-order valence-electron chi connectivity index (χ1n) is 13.6. The molecule has 0 aliphatic heterocycles. The summed E-state index contributed by atoms with van der Waals surface area (Å²) in [5.74, 6) is -0.597. The molecule has 2 saturated carbocycles. The SMILES string of the molecule is CC1(C)CCC(C(=O)O[C@H](c2ccccc2)[C@H](OC(=O)C2CCC(C)(C)CC2)c2ccccc2)CC1. The molecule has 0 radical (unpaired) electrons. The van der Waals surface area contributed by atoms with E-state index >= 15 is 0 Å². The lowest BCUT2D eigenvalue weighted by Gasteiger charge is -2.36. The number of ether oxygens (including phenoxy) is 2. The summed E-state index contributed by atoms with van der Waals surface area (Å²) in [5.41, 5.74) is 2.22. The van der Waals surface area contributed by atoms with Crippen molar-refractivity contribution in [2.24, 2.45) is 22.7 Å². The van der Waals surface area contributed by atoms with Crippen LogP contribution in [-0.2, 0) is 19.1 Å². The average Bonchev–Trinajstić information content (AvgIpc) is 2.87. The second kappa shape index (κ2) is 11.2. The zero-order chi connectivity index (χ0) is 25.8. The van der Waals surface area contributed by atoms with E-state index in [1.165, 1.54) is 0 Å². The number of hydrogen-bond donors (Lipinski definition) is 0. The second-order valence-electron chi connectivity index (χ2n) is 12.4. The summed E-state index contributed by atoms with van der Waals surface area (Å²) >= 11 is 0. The number of carbonyl (C=O) groups excluding carboxylic acids is 2. The molecule has 4 rings (SSSR count). The van der Waals surface area contributed by atoms with Crippen LogP contribution in [0.2, 0.25) is 0 Å². The lowest BCUT2D eigenvalue weighted by atomic mass is 9.73. The van der Waals surface area contributed by atoms with E-state index in [2.05, 4.69) is 27.7 Å². The van der Waals surface area contributed by atoms with Gasteiger partial charge in [-0.05, 0) is 73.3 Å². The van der Waals surface area contributed by atoms with Gasteiger partial charge in [0.05, 0.1) is 11.8 Å². The van der Waals surface area contributed by atoms with Crippen molar-refractivity contribution in [1.82, 2.24) is 0 Å². The van der Waals surface area contributed by atoms with Crippen LogP contribution in [-0.4, -0.2) is 11.9 Å². The zero-order valence-corrected chi connectivity index (χ0v) is 22.4. The van der Waals surface area contributed by atoms with Gasteiger partial charge in [-0.25, -0.2) is 0 Å². The van der Waals surface area contributed by atoms with E-state index in [-0.39, 0.29) is 34.6 Å². The zero-order valence-electron chi connectivity index (χ0n) is 22.4. The molecule has 0 N–H and O–H groups in total. The fraction of sp³-hybridized carbons (Fsp3) is 0.562. The number of benzene rings is 2. The minimum Gasteiger partial charge on any atom is -0.453 e. The lowest BCUT2D eigenvalue weighted by Crippen LogP contribution is -2.32. The van der Waals surface area contributed by atoms with Gasteiger partial charge >= 0.3 is 11.9 Å². The first kappa shape index (κ1) is 26.4. The minimum atomic E-state index is -0.694. The molecule has 2 aliphatic carbocycles. The van der Waals surface area contributed by atoms with E-state index in [1.54, 1.807) is 0 Å². The highest BCUT2D eigenvalue weighted by Crippen LogP contribution is 2.43. The van der Waals surface area contributed by atoms with Crippen LogP contribution in [0.5, 0.6) is 0 Å². The Morgan fingerprint density at radius 1 is 0.611 bits per heavy atom. The maximum absolute atomic E-state index is 13.4. The normalized spacial score (nSPS) is 21.8. The molecular weight excluding hydrogens is 448 g/mol. The molecule has 36 heavy (non-hydrogen) atoms. The quantitative estimate of drug-likeness (QED) is 0.369. The van der Waals surface area contributed by atoms with Crippen LogP contribution in [0.4, 0.5) is 0 Å². The van der Waals surface area contributed by atoms with Crippen molar-refractivity contribution in [2.45, 2.75) is 91.3 Å². The van der Waals surface area contributed by atoms with Gasteiger partial charge in [0.2, 0.25) is 0 Å². The highest BCUT2D eigenvalue weighted by atomic mass is 16.6. The number of esters is 2. The molecule has 0 heterocycles. The van der Waals surface area contributed by atoms with Crippen molar-refractivity contribution in [3.05, 3.63) is 71.8 Å². The fourth-order valence-corrected chi connectivity index (χ4v) is 5.61. The van der Waals surface area contributed by atoms with Crippen LogP contribution in [0.3, 0.4) is 0 Å². The molecule has 0 amide bonds. The summed E-state index contributed by atoms with van der Waals surface area (Å²) in [4.78, 5) is 26.8. The van der Waals surface area contributed by atoms with Crippen LogP contribution < -0.4 is 0 Å². The fourth-order valence-electron chi connectivity index (χ4n) is 5.61. The number of hydrogen-bond acceptors (Lipinski definition) is 4. The van der Waals surface area contributed by atoms with Crippen molar-refractivity contribution in [2.75, 3.05) is 0 Å². The Bertz CT molecular complexity index is 907. The molecule has 2 aromatic rings. The van der Waals surface area contributed by atoms with Crippen molar-refractivity contribution >= 4 is 11.9 Å². The average molecular weight is 491 g/mol. The Morgan fingerprint density at radius 3 is 1.22 bits per heavy atom. The highest BCUT2D eigenvalue weighted by molar-refractivity contribution is 5.74. The Kier molecular flexibility index (Phi) is 8.22.